The number of ether oxygens (including phenoxy) is 3. The quantitative estimate of drug-likeness (QED) is 0.452. The third-order valence-electron chi connectivity index (χ3n) is 3.98. The molecule has 160 valence electrons. The third kappa shape index (κ3) is 8.19. The number of carbonyl (C=O) groups is 1. The molecule has 2 aromatic rings. The number of hydrogen-bond donors (Lipinski definition) is 3. The smallest absolute Gasteiger partial charge is 0.248 e. The molecule has 0 aromatic heterocycles. The maximum atomic E-state index is 11.1. The van der Waals surface area contributed by atoms with Crippen LogP contribution in [0.4, 0.5) is 5.69 Å². The van der Waals surface area contributed by atoms with Gasteiger partial charge in [-0.1, -0.05) is 12.1 Å². The first-order valence-corrected chi connectivity index (χ1v) is 9.19. The van der Waals surface area contributed by atoms with E-state index in [4.69, 9.17) is 19.9 Å². The van der Waals surface area contributed by atoms with Crippen LogP contribution in [0.15, 0.2) is 42.5 Å². The van der Waals surface area contributed by atoms with Crippen LogP contribution in [0.25, 0.3) is 0 Å². The summed E-state index contributed by atoms with van der Waals surface area (Å²) in [5, 5.41) is 12.8. The number of aliphatic hydroxyl groups is 1. The molecular formula is C21H29ClN2O5. The Balaban J connectivity index is 0.00000420. The van der Waals surface area contributed by atoms with Crippen molar-refractivity contribution in [1.29, 1.82) is 0 Å². The summed E-state index contributed by atoms with van der Waals surface area (Å²) in [6.45, 7) is 3.46. The molecule has 2 aromatic carbocycles. The number of primary amides is 1. The molecule has 0 radical (unpaired) electrons. The molecule has 4 N–H and O–H groups in total. The number of hydrogen-bond acceptors (Lipinski definition) is 6. The van der Waals surface area contributed by atoms with Gasteiger partial charge in [-0.15, -0.1) is 12.4 Å². The molecule has 0 saturated carbocycles. The van der Waals surface area contributed by atoms with Gasteiger partial charge in [0.25, 0.3) is 0 Å². The van der Waals surface area contributed by atoms with Crippen molar-refractivity contribution in [3.05, 3.63) is 53.6 Å². The lowest BCUT2D eigenvalue weighted by atomic mass is 10.1. The lowest BCUT2D eigenvalue weighted by molar-refractivity contribution is 0.1000. The SMILES string of the molecule is COCCc1cccc(OCC(C)O)c1NCCOc1ccc(C(N)=O)cc1.Cl. The minimum absolute atomic E-state index is 0. The maximum absolute atomic E-state index is 11.1. The summed E-state index contributed by atoms with van der Waals surface area (Å²) in [5.74, 6) is 0.871. The lowest BCUT2D eigenvalue weighted by Crippen LogP contribution is -2.17. The van der Waals surface area contributed by atoms with Crippen LogP contribution in [-0.4, -0.2) is 50.6 Å². The van der Waals surface area contributed by atoms with Gasteiger partial charge in [-0.25, -0.2) is 0 Å². The van der Waals surface area contributed by atoms with Gasteiger partial charge in [-0.3, -0.25) is 4.79 Å². The van der Waals surface area contributed by atoms with Crippen molar-refractivity contribution in [2.45, 2.75) is 19.4 Å². The van der Waals surface area contributed by atoms with E-state index in [0.29, 0.717) is 36.8 Å². The Labute approximate surface area is 177 Å². The Bertz CT molecular complexity index is 753. The normalized spacial score (nSPS) is 11.3. The van der Waals surface area contributed by atoms with Gasteiger partial charge >= 0.3 is 0 Å². The Hall–Kier alpha value is -2.48. The van der Waals surface area contributed by atoms with Crippen molar-refractivity contribution >= 4 is 24.0 Å². The predicted octanol–water partition coefficient (Wildman–Crippen LogP) is 2.65. The standard InChI is InChI=1S/C21H28N2O5.ClH/c1-15(24)14-28-19-5-3-4-16(10-12-26-2)20(19)23-11-13-27-18-8-6-17(7-9-18)21(22)25;/h3-9,15,23-24H,10-14H2,1-2H3,(H2,22,25);1H. The number of carbonyl (C=O) groups excluding carboxylic acids is 1. The Morgan fingerprint density at radius 3 is 2.48 bits per heavy atom. The minimum Gasteiger partial charge on any atom is -0.492 e. The topological polar surface area (TPSA) is 103 Å². The second kappa shape index (κ2) is 12.9. The molecule has 0 bridgehead atoms. The largest absolute Gasteiger partial charge is 0.492 e. The van der Waals surface area contributed by atoms with Crippen molar-refractivity contribution in [3.63, 3.8) is 0 Å². The van der Waals surface area contributed by atoms with Crippen LogP contribution < -0.4 is 20.5 Å². The Morgan fingerprint density at radius 2 is 1.86 bits per heavy atom. The summed E-state index contributed by atoms with van der Waals surface area (Å²) in [5.41, 5.74) is 7.61. The number of nitrogens with one attached hydrogen (secondary N) is 1. The lowest BCUT2D eigenvalue weighted by Gasteiger charge is -2.18. The number of aliphatic hydroxyl groups excluding tert-OH is 1. The number of nitrogens with two attached hydrogens (primary N) is 1. The van der Waals surface area contributed by atoms with Crippen LogP contribution in [0.5, 0.6) is 11.5 Å². The van der Waals surface area contributed by atoms with Crippen molar-refractivity contribution in [2.24, 2.45) is 5.73 Å². The highest BCUT2D eigenvalue weighted by Gasteiger charge is 2.10. The van der Waals surface area contributed by atoms with Crippen LogP contribution in [0.1, 0.15) is 22.8 Å². The number of para-hydroxylation sites is 1. The van der Waals surface area contributed by atoms with E-state index in [1.165, 1.54) is 0 Å². The van der Waals surface area contributed by atoms with Crippen molar-refractivity contribution in [3.8, 4) is 11.5 Å². The van der Waals surface area contributed by atoms with Crippen molar-refractivity contribution < 1.29 is 24.1 Å². The molecule has 2 rings (SSSR count). The number of halogens is 1. The second-order valence-corrected chi connectivity index (χ2v) is 6.36. The van der Waals surface area contributed by atoms with E-state index < -0.39 is 12.0 Å². The molecule has 1 amide bonds. The first kappa shape index (κ1) is 24.6. The number of amides is 1. The number of methoxy groups -OCH3 is 1. The highest BCUT2D eigenvalue weighted by atomic mass is 35.5. The van der Waals surface area contributed by atoms with Crippen molar-refractivity contribution in [1.82, 2.24) is 0 Å². The van der Waals surface area contributed by atoms with Crippen molar-refractivity contribution in [2.75, 3.05) is 38.8 Å². The molecule has 1 unspecified atom stereocenters. The molecule has 0 fully saturated rings. The van der Waals surface area contributed by atoms with Crippen LogP contribution in [0, 0.1) is 0 Å². The zero-order valence-electron chi connectivity index (χ0n) is 16.7. The molecule has 0 saturated heterocycles. The Morgan fingerprint density at radius 1 is 1.14 bits per heavy atom. The van der Waals surface area contributed by atoms with E-state index in [2.05, 4.69) is 5.32 Å². The first-order valence-electron chi connectivity index (χ1n) is 9.19. The fourth-order valence-corrected chi connectivity index (χ4v) is 2.59. The fourth-order valence-electron chi connectivity index (χ4n) is 2.59. The van der Waals surface area contributed by atoms with Gasteiger partial charge in [-0.05, 0) is 49.2 Å². The predicted molar refractivity (Wildman–Crippen MR) is 115 cm³/mol. The molecule has 0 aliphatic rings. The van der Waals surface area contributed by atoms with Gasteiger partial charge < -0.3 is 30.4 Å². The molecule has 0 aliphatic carbocycles. The average Bonchev–Trinajstić information content (AvgIpc) is 2.69. The van der Waals surface area contributed by atoms with Gasteiger partial charge in [-0.2, -0.15) is 0 Å². The molecule has 0 aliphatic heterocycles. The van der Waals surface area contributed by atoms with Gasteiger partial charge in [0.05, 0.1) is 18.4 Å². The van der Waals surface area contributed by atoms with E-state index in [1.807, 2.05) is 18.2 Å². The van der Waals surface area contributed by atoms with Crippen LogP contribution in [-0.2, 0) is 11.2 Å². The summed E-state index contributed by atoms with van der Waals surface area (Å²) in [6.07, 6.45) is 0.183. The molecule has 7 nitrogen and oxygen atoms in total. The molecule has 0 spiro atoms. The zero-order chi connectivity index (χ0) is 20.4. The van der Waals surface area contributed by atoms with E-state index >= 15 is 0 Å². The molecule has 1 atom stereocenters. The van der Waals surface area contributed by atoms with Gasteiger partial charge in [0.2, 0.25) is 5.91 Å². The highest BCUT2D eigenvalue weighted by molar-refractivity contribution is 5.92. The minimum atomic E-state index is -0.554. The summed E-state index contributed by atoms with van der Waals surface area (Å²) in [7, 11) is 1.66. The van der Waals surface area contributed by atoms with Gasteiger partial charge in [0, 0.05) is 19.2 Å². The fraction of sp³-hybridized carbons (Fsp3) is 0.381. The van der Waals surface area contributed by atoms with E-state index in [9.17, 15) is 9.90 Å². The second-order valence-electron chi connectivity index (χ2n) is 6.36. The van der Waals surface area contributed by atoms with Crippen LogP contribution >= 0.6 is 12.4 Å². The average molecular weight is 425 g/mol. The molecular weight excluding hydrogens is 396 g/mol. The third-order valence-corrected chi connectivity index (χ3v) is 3.98. The number of rotatable bonds is 12. The number of anilines is 1. The highest BCUT2D eigenvalue weighted by Crippen LogP contribution is 2.29. The van der Waals surface area contributed by atoms with E-state index in [0.717, 1.165) is 17.7 Å². The van der Waals surface area contributed by atoms with Crippen LogP contribution in [0.3, 0.4) is 0 Å². The van der Waals surface area contributed by atoms with Crippen LogP contribution in [0.2, 0.25) is 0 Å². The Kier molecular flexibility index (Phi) is 10.9. The zero-order valence-corrected chi connectivity index (χ0v) is 17.5. The molecule has 8 heteroatoms. The summed E-state index contributed by atoms with van der Waals surface area (Å²) in [6, 6.07) is 12.5. The van der Waals surface area contributed by atoms with Gasteiger partial charge in [0.15, 0.2) is 0 Å². The number of benzene rings is 2. The summed E-state index contributed by atoms with van der Waals surface area (Å²) in [4.78, 5) is 11.1. The molecule has 29 heavy (non-hydrogen) atoms. The monoisotopic (exact) mass is 424 g/mol. The van der Waals surface area contributed by atoms with E-state index in [1.54, 1.807) is 38.3 Å². The maximum Gasteiger partial charge on any atom is 0.248 e. The first-order chi connectivity index (χ1) is 13.5. The molecule has 0 heterocycles. The van der Waals surface area contributed by atoms with E-state index in [-0.39, 0.29) is 19.0 Å². The summed E-state index contributed by atoms with van der Waals surface area (Å²) >= 11 is 0. The van der Waals surface area contributed by atoms with Gasteiger partial charge in [0.1, 0.15) is 24.7 Å². The summed E-state index contributed by atoms with van der Waals surface area (Å²) < 4.78 is 16.6.